The molecule has 0 aromatic carbocycles. The van der Waals surface area contributed by atoms with Crippen LogP contribution in [-0.2, 0) is 4.79 Å². The molecule has 2 fully saturated rings. The van der Waals surface area contributed by atoms with Crippen molar-refractivity contribution in [2.45, 2.75) is 25.8 Å². The summed E-state index contributed by atoms with van der Waals surface area (Å²) >= 11 is 1.97. The Morgan fingerprint density at radius 3 is 2.56 bits per heavy atom. The molecule has 0 spiro atoms. The van der Waals surface area contributed by atoms with E-state index in [1.165, 1.54) is 5.75 Å². The number of rotatable bonds is 2. The van der Waals surface area contributed by atoms with Gasteiger partial charge in [0.2, 0.25) is 5.91 Å². The first-order chi connectivity index (χ1) is 8.62. The maximum atomic E-state index is 12.7. The lowest BCUT2D eigenvalue weighted by Crippen LogP contribution is -2.60. The van der Waals surface area contributed by atoms with Crippen molar-refractivity contribution in [2.24, 2.45) is 0 Å². The van der Waals surface area contributed by atoms with E-state index in [0.717, 1.165) is 51.4 Å². The number of piperazine rings is 1. The molecule has 18 heavy (non-hydrogen) atoms. The third-order valence-electron chi connectivity index (χ3n) is 3.94. The van der Waals surface area contributed by atoms with Crippen molar-refractivity contribution in [3.63, 3.8) is 0 Å². The predicted octanol–water partition coefficient (Wildman–Crippen LogP) is 0.636. The van der Waals surface area contributed by atoms with Crippen LogP contribution in [0.15, 0.2) is 0 Å². The maximum absolute atomic E-state index is 12.7. The summed E-state index contributed by atoms with van der Waals surface area (Å²) in [4.78, 5) is 17.1. The van der Waals surface area contributed by atoms with Crippen LogP contribution in [-0.4, -0.2) is 72.0 Å². The van der Waals surface area contributed by atoms with E-state index in [9.17, 15) is 4.79 Å². The summed E-state index contributed by atoms with van der Waals surface area (Å²) in [6.07, 6.45) is 1.13. The quantitative estimate of drug-likeness (QED) is 0.799. The van der Waals surface area contributed by atoms with Crippen molar-refractivity contribution in [3.05, 3.63) is 0 Å². The average Bonchev–Trinajstić information content (AvgIpc) is 2.67. The number of carbonyl (C=O) groups is 1. The largest absolute Gasteiger partial charge is 0.340 e. The van der Waals surface area contributed by atoms with Crippen LogP contribution in [0.25, 0.3) is 0 Å². The number of thioether (sulfide) groups is 1. The molecule has 104 valence electrons. The van der Waals surface area contributed by atoms with E-state index in [1.54, 1.807) is 0 Å². The second kappa shape index (κ2) is 6.26. The Kier molecular flexibility index (Phi) is 4.92. The summed E-state index contributed by atoms with van der Waals surface area (Å²) < 4.78 is 0. The Morgan fingerprint density at radius 1 is 1.11 bits per heavy atom. The third-order valence-corrected chi connectivity index (χ3v) is 4.99. The van der Waals surface area contributed by atoms with E-state index in [-0.39, 0.29) is 5.54 Å². The lowest BCUT2D eigenvalue weighted by Gasteiger charge is -2.42. The molecule has 0 saturated carbocycles. The van der Waals surface area contributed by atoms with Gasteiger partial charge in [0.05, 0.1) is 5.54 Å². The summed E-state index contributed by atoms with van der Waals surface area (Å²) in [6.45, 7) is 9.94. The molecule has 0 radical (unpaired) electrons. The minimum Gasteiger partial charge on any atom is -0.340 e. The normalized spacial score (nSPS) is 23.8. The lowest BCUT2D eigenvalue weighted by molar-refractivity contribution is -0.142. The van der Waals surface area contributed by atoms with Gasteiger partial charge in [0, 0.05) is 45.0 Å². The molecule has 0 aromatic rings. The monoisotopic (exact) mass is 271 g/mol. The van der Waals surface area contributed by atoms with Gasteiger partial charge in [-0.05, 0) is 26.0 Å². The van der Waals surface area contributed by atoms with Gasteiger partial charge in [-0.1, -0.05) is 0 Å². The highest BCUT2D eigenvalue weighted by atomic mass is 32.2. The first-order valence-electron chi connectivity index (χ1n) is 6.95. The first kappa shape index (κ1) is 14.2. The number of amides is 1. The van der Waals surface area contributed by atoms with Crippen molar-refractivity contribution in [2.75, 3.05) is 50.8 Å². The van der Waals surface area contributed by atoms with E-state index in [0.29, 0.717) is 5.91 Å². The summed E-state index contributed by atoms with van der Waals surface area (Å²) in [5.41, 5.74) is -0.350. The highest BCUT2D eigenvalue weighted by Crippen LogP contribution is 2.20. The zero-order chi connectivity index (χ0) is 13.0. The van der Waals surface area contributed by atoms with Crippen molar-refractivity contribution in [1.29, 1.82) is 0 Å². The molecule has 2 saturated heterocycles. The highest BCUT2D eigenvalue weighted by Gasteiger charge is 2.38. The van der Waals surface area contributed by atoms with E-state index >= 15 is 0 Å². The second-order valence-electron chi connectivity index (χ2n) is 5.55. The molecule has 2 rings (SSSR count). The molecular formula is C13H25N3OS. The molecule has 0 unspecified atom stereocenters. The molecule has 5 heteroatoms. The molecule has 1 amide bonds. The predicted molar refractivity (Wildman–Crippen MR) is 77.0 cm³/mol. The lowest BCUT2D eigenvalue weighted by atomic mass is 9.99. The number of hydrogen-bond acceptors (Lipinski definition) is 4. The van der Waals surface area contributed by atoms with Gasteiger partial charge < -0.3 is 10.2 Å². The Hall–Kier alpha value is -0.260. The van der Waals surface area contributed by atoms with Gasteiger partial charge in [-0.3, -0.25) is 9.69 Å². The summed E-state index contributed by atoms with van der Waals surface area (Å²) in [7, 11) is 0. The van der Waals surface area contributed by atoms with Crippen LogP contribution < -0.4 is 5.32 Å². The van der Waals surface area contributed by atoms with Crippen LogP contribution in [0.5, 0.6) is 0 Å². The minimum atomic E-state index is -0.350. The van der Waals surface area contributed by atoms with E-state index in [4.69, 9.17) is 0 Å². The zero-order valence-corrected chi connectivity index (χ0v) is 12.4. The average molecular weight is 271 g/mol. The summed E-state index contributed by atoms with van der Waals surface area (Å²) in [5, 5.41) is 3.35. The third kappa shape index (κ3) is 3.19. The Labute approximate surface area is 114 Å². The molecule has 0 atom stereocenters. The number of hydrogen-bond donors (Lipinski definition) is 1. The SMILES string of the molecule is CC(C)(C(=O)N1CCCSCC1)N1CCNCC1. The first-order valence-corrected chi connectivity index (χ1v) is 8.11. The van der Waals surface area contributed by atoms with Gasteiger partial charge in [0.25, 0.3) is 0 Å². The number of nitrogens with zero attached hydrogens (tertiary/aromatic N) is 2. The molecule has 2 heterocycles. The van der Waals surface area contributed by atoms with Gasteiger partial charge in [-0.25, -0.2) is 0 Å². The van der Waals surface area contributed by atoms with Crippen LogP contribution in [0.4, 0.5) is 0 Å². The van der Waals surface area contributed by atoms with Crippen LogP contribution in [0.2, 0.25) is 0 Å². The number of nitrogens with one attached hydrogen (secondary N) is 1. The molecule has 0 bridgehead atoms. The van der Waals surface area contributed by atoms with Gasteiger partial charge in [-0.15, -0.1) is 0 Å². The van der Waals surface area contributed by atoms with E-state index in [2.05, 4.69) is 29.0 Å². The van der Waals surface area contributed by atoms with Gasteiger partial charge in [-0.2, -0.15) is 11.8 Å². The van der Waals surface area contributed by atoms with E-state index < -0.39 is 0 Å². The molecule has 2 aliphatic heterocycles. The standard InChI is InChI=1S/C13H25N3OS/c1-13(2,16-7-4-14-5-8-16)12(17)15-6-3-10-18-11-9-15/h14H,3-11H2,1-2H3. The fourth-order valence-corrected chi connectivity index (χ4v) is 3.58. The summed E-state index contributed by atoms with van der Waals surface area (Å²) in [6, 6.07) is 0. The second-order valence-corrected chi connectivity index (χ2v) is 6.78. The van der Waals surface area contributed by atoms with Crippen molar-refractivity contribution >= 4 is 17.7 Å². The molecule has 2 aliphatic rings. The smallest absolute Gasteiger partial charge is 0.242 e. The fourth-order valence-electron chi connectivity index (χ4n) is 2.70. The molecule has 4 nitrogen and oxygen atoms in total. The Morgan fingerprint density at radius 2 is 1.83 bits per heavy atom. The Bertz CT molecular complexity index is 282. The van der Waals surface area contributed by atoms with E-state index in [1.807, 2.05) is 11.8 Å². The van der Waals surface area contributed by atoms with Crippen LogP contribution in [0.1, 0.15) is 20.3 Å². The fraction of sp³-hybridized carbons (Fsp3) is 0.923. The van der Waals surface area contributed by atoms with Crippen molar-refractivity contribution < 1.29 is 4.79 Å². The number of carbonyl (C=O) groups excluding carboxylic acids is 1. The molecule has 0 aromatic heterocycles. The maximum Gasteiger partial charge on any atom is 0.242 e. The molecule has 1 N–H and O–H groups in total. The Balaban J connectivity index is 2.00. The van der Waals surface area contributed by atoms with Crippen molar-refractivity contribution in [1.82, 2.24) is 15.1 Å². The molecular weight excluding hydrogens is 246 g/mol. The molecule has 0 aliphatic carbocycles. The van der Waals surface area contributed by atoms with Gasteiger partial charge in [0.15, 0.2) is 0 Å². The highest BCUT2D eigenvalue weighted by molar-refractivity contribution is 7.99. The minimum absolute atomic E-state index is 0.312. The summed E-state index contributed by atoms with van der Waals surface area (Å²) in [5.74, 6) is 2.59. The van der Waals surface area contributed by atoms with Crippen LogP contribution >= 0.6 is 11.8 Å². The topological polar surface area (TPSA) is 35.6 Å². The van der Waals surface area contributed by atoms with Gasteiger partial charge >= 0.3 is 0 Å². The van der Waals surface area contributed by atoms with Crippen molar-refractivity contribution in [3.8, 4) is 0 Å². The zero-order valence-electron chi connectivity index (χ0n) is 11.6. The van der Waals surface area contributed by atoms with Crippen LogP contribution in [0, 0.1) is 0 Å². The van der Waals surface area contributed by atoms with Gasteiger partial charge in [0.1, 0.15) is 0 Å². The van der Waals surface area contributed by atoms with Crippen LogP contribution in [0.3, 0.4) is 0 Å².